The first-order valence-electron chi connectivity index (χ1n) is 8.59. The van der Waals surface area contributed by atoms with Crippen LogP contribution < -0.4 is 14.8 Å². The molecule has 3 aromatic rings. The van der Waals surface area contributed by atoms with Gasteiger partial charge in [-0.05, 0) is 61.0 Å². The van der Waals surface area contributed by atoms with Crippen LogP contribution in [-0.2, 0) is 6.61 Å². The molecule has 0 aromatic heterocycles. The van der Waals surface area contributed by atoms with Crippen LogP contribution in [0.25, 0.3) is 0 Å². The summed E-state index contributed by atoms with van der Waals surface area (Å²) < 4.78 is 25.8. The molecular weight excluding hydrogens is 425 g/mol. The zero-order valence-electron chi connectivity index (χ0n) is 15.5. The number of anilines is 1. The maximum atomic E-state index is 14.0. The van der Waals surface area contributed by atoms with E-state index in [-0.39, 0.29) is 12.3 Å². The van der Waals surface area contributed by atoms with Gasteiger partial charge in [0.1, 0.15) is 23.9 Å². The second-order valence-electron chi connectivity index (χ2n) is 6.21. The largest absolute Gasteiger partial charge is 0.496 e. The third-order valence-corrected chi connectivity index (χ3v) is 4.60. The van der Waals surface area contributed by atoms with Crippen molar-refractivity contribution in [1.82, 2.24) is 0 Å². The fourth-order valence-electron chi connectivity index (χ4n) is 2.68. The highest BCUT2D eigenvalue weighted by atomic mass is 79.9. The zero-order chi connectivity index (χ0) is 20.1. The maximum absolute atomic E-state index is 14.0. The van der Waals surface area contributed by atoms with Crippen molar-refractivity contribution in [3.63, 3.8) is 0 Å². The predicted molar refractivity (Wildman–Crippen MR) is 111 cm³/mol. The van der Waals surface area contributed by atoms with E-state index in [9.17, 15) is 9.18 Å². The quantitative estimate of drug-likeness (QED) is 0.528. The Labute approximate surface area is 171 Å². The minimum absolute atomic E-state index is 0.113. The highest BCUT2D eigenvalue weighted by Gasteiger charge is 2.13. The van der Waals surface area contributed by atoms with Crippen LogP contribution in [0.2, 0.25) is 0 Å². The topological polar surface area (TPSA) is 47.6 Å². The van der Waals surface area contributed by atoms with Crippen LogP contribution in [0, 0.1) is 12.7 Å². The van der Waals surface area contributed by atoms with Crippen LogP contribution in [0.15, 0.2) is 65.1 Å². The van der Waals surface area contributed by atoms with Gasteiger partial charge in [-0.25, -0.2) is 4.39 Å². The maximum Gasteiger partial charge on any atom is 0.255 e. The lowest BCUT2D eigenvalue weighted by molar-refractivity contribution is 0.102. The van der Waals surface area contributed by atoms with Crippen LogP contribution in [0.4, 0.5) is 10.1 Å². The van der Waals surface area contributed by atoms with Crippen molar-refractivity contribution in [2.45, 2.75) is 13.5 Å². The first kappa shape index (κ1) is 19.9. The normalized spacial score (nSPS) is 10.4. The van der Waals surface area contributed by atoms with Gasteiger partial charge in [-0.2, -0.15) is 0 Å². The van der Waals surface area contributed by atoms with Crippen LogP contribution in [-0.4, -0.2) is 13.0 Å². The number of aryl methyl sites for hydroxylation is 1. The van der Waals surface area contributed by atoms with E-state index in [1.807, 2.05) is 31.2 Å². The van der Waals surface area contributed by atoms with Gasteiger partial charge in [0.2, 0.25) is 0 Å². The number of nitrogens with one attached hydrogen (secondary N) is 1. The molecule has 1 amide bonds. The Morgan fingerprint density at radius 2 is 1.93 bits per heavy atom. The fourth-order valence-corrected chi connectivity index (χ4v) is 3.02. The number of carbonyl (C=O) groups is 1. The van der Waals surface area contributed by atoms with E-state index in [1.165, 1.54) is 12.1 Å². The molecule has 0 spiro atoms. The van der Waals surface area contributed by atoms with E-state index in [2.05, 4.69) is 21.2 Å². The summed E-state index contributed by atoms with van der Waals surface area (Å²) in [6.07, 6.45) is 0. The number of benzene rings is 3. The first-order chi connectivity index (χ1) is 13.5. The van der Waals surface area contributed by atoms with E-state index < -0.39 is 11.7 Å². The van der Waals surface area contributed by atoms with Gasteiger partial charge in [0.05, 0.1) is 12.8 Å². The lowest BCUT2D eigenvalue weighted by atomic mass is 10.1. The van der Waals surface area contributed by atoms with E-state index in [4.69, 9.17) is 9.47 Å². The molecule has 0 radical (unpaired) electrons. The van der Waals surface area contributed by atoms with Crippen molar-refractivity contribution in [3.05, 3.63) is 87.6 Å². The van der Waals surface area contributed by atoms with Crippen LogP contribution >= 0.6 is 15.9 Å². The molecule has 6 heteroatoms. The molecule has 0 atom stereocenters. The smallest absolute Gasteiger partial charge is 0.255 e. The molecular formula is C22H19BrFNO3. The Hall–Kier alpha value is -2.86. The molecule has 28 heavy (non-hydrogen) atoms. The average molecular weight is 444 g/mol. The molecule has 0 fully saturated rings. The minimum Gasteiger partial charge on any atom is -0.496 e. The number of halogens is 2. The number of hydrogen-bond donors (Lipinski definition) is 1. The highest BCUT2D eigenvalue weighted by molar-refractivity contribution is 9.10. The third kappa shape index (κ3) is 4.89. The molecule has 144 valence electrons. The lowest BCUT2D eigenvalue weighted by Gasteiger charge is -2.13. The molecule has 0 aliphatic heterocycles. The zero-order valence-corrected chi connectivity index (χ0v) is 17.0. The van der Waals surface area contributed by atoms with Crippen molar-refractivity contribution < 1.29 is 18.7 Å². The number of methoxy groups -OCH3 is 1. The Morgan fingerprint density at radius 3 is 2.64 bits per heavy atom. The van der Waals surface area contributed by atoms with Crippen molar-refractivity contribution in [2.24, 2.45) is 0 Å². The summed E-state index contributed by atoms with van der Waals surface area (Å²) in [5, 5.41) is 2.58. The molecule has 4 nitrogen and oxygen atoms in total. The van der Waals surface area contributed by atoms with Gasteiger partial charge in [0.25, 0.3) is 5.91 Å². The highest BCUT2D eigenvalue weighted by Crippen LogP contribution is 2.24. The molecule has 0 saturated carbocycles. The Balaban J connectivity index is 1.78. The van der Waals surface area contributed by atoms with Crippen molar-refractivity contribution in [3.8, 4) is 11.5 Å². The van der Waals surface area contributed by atoms with Gasteiger partial charge in [0, 0.05) is 15.6 Å². The lowest BCUT2D eigenvalue weighted by Crippen LogP contribution is -2.14. The number of amides is 1. The van der Waals surface area contributed by atoms with Crippen LogP contribution in [0.5, 0.6) is 11.5 Å². The fraction of sp³-hybridized carbons (Fsp3) is 0.136. The SMILES string of the molecule is COc1ccc(C(=O)Nc2ccc(Br)cc2F)cc1COc1cccc(C)c1. The molecule has 3 aromatic carbocycles. The summed E-state index contributed by atoms with van der Waals surface area (Å²) in [5.41, 5.74) is 2.30. The average Bonchev–Trinajstić information content (AvgIpc) is 2.68. The Bertz CT molecular complexity index is 1010. The first-order valence-corrected chi connectivity index (χ1v) is 9.38. The van der Waals surface area contributed by atoms with Crippen molar-refractivity contribution in [2.75, 3.05) is 12.4 Å². The second-order valence-corrected chi connectivity index (χ2v) is 7.13. The summed E-state index contributed by atoms with van der Waals surface area (Å²) in [4.78, 5) is 12.6. The van der Waals surface area contributed by atoms with Crippen molar-refractivity contribution in [1.29, 1.82) is 0 Å². The third-order valence-electron chi connectivity index (χ3n) is 4.11. The number of rotatable bonds is 6. The molecule has 0 unspecified atom stereocenters. The summed E-state index contributed by atoms with van der Waals surface area (Å²) in [6, 6.07) is 17.2. The standard InChI is InChI=1S/C22H19BrFNO3/c1-14-4-3-5-18(10-14)28-13-16-11-15(6-9-21(16)27-2)22(26)25-20-8-7-17(23)12-19(20)24/h3-12H,13H2,1-2H3,(H,25,26). The van der Waals surface area contributed by atoms with Gasteiger partial charge in [-0.1, -0.05) is 28.1 Å². The Kier molecular flexibility index (Phi) is 6.31. The predicted octanol–water partition coefficient (Wildman–Crippen LogP) is 5.74. The van der Waals surface area contributed by atoms with E-state index in [1.54, 1.807) is 31.4 Å². The van der Waals surface area contributed by atoms with Gasteiger partial charge in [-0.3, -0.25) is 4.79 Å². The number of ether oxygens (including phenoxy) is 2. The molecule has 0 aliphatic rings. The van der Waals surface area contributed by atoms with E-state index in [0.29, 0.717) is 21.3 Å². The second kappa shape index (κ2) is 8.89. The van der Waals surface area contributed by atoms with Gasteiger partial charge in [0.15, 0.2) is 0 Å². The summed E-state index contributed by atoms with van der Waals surface area (Å²) >= 11 is 3.19. The summed E-state index contributed by atoms with van der Waals surface area (Å²) in [5.74, 6) is 0.410. The molecule has 1 N–H and O–H groups in total. The van der Waals surface area contributed by atoms with Crippen LogP contribution in [0.1, 0.15) is 21.5 Å². The molecule has 3 rings (SSSR count). The summed E-state index contributed by atoms with van der Waals surface area (Å²) in [7, 11) is 1.56. The van der Waals surface area contributed by atoms with Crippen LogP contribution in [0.3, 0.4) is 0 Å². The number of hydrogen-bond acceptors (Lipinski definition) is 3. The monoisotopic (exact) mass is 443 g/mol. The number of carbonyl (C=O) groups excluding carboxylic acids is 1. The molecule has 0 bridgehead atoms. The Morgan fingerprint density at radius 1 is 1.11 bits per heavy atom. The minimum atomic E-state index is -0.515. The van der Waals surface area contributed by atoms with E-state index in [0.717, 1.165) is 11.3 Å². The van der Waals surface area contributed by atoms with Gasteiger partial charge < -0.3 is 14.8 Å². The van der Waals surface area contributed by atoms with Gasteiger partial charge >= 0.3 is 0 Å². The molecule has 0 heterocycles. The van der Waals surface area contributed by atoms with Gasteiger partial charge in [-0.15, -0.1) is 0 Å². The van der Waals surface area contributed by atoms with Crippen molar-refractivity contribution >= 4 is 27.5 Å². The molecule has 0 saturated heterocycles. The van der Waals surface area contributed by atoms with E-state index >= 15 is 0 Å². The molecule has 0 aliphatic carbocycles. The summed E-state index contributed by atoms with van der Waals surface area (Å²) in [6.45, 7) is 2.22.